The van der Waals surface area contributed by atoms with Crippen molar-refractivity contribution >= 4 is 27.7 Å². The van der Waals surface area contributed by atoms with Gasteiger partial charge in [-0.25, -0.2) is 13.2 Å². The zero-order chi connectivity index (χ0) is 21.4. The number of likely N-dealkylation sites (tertiary alicyclic amines) is 1. The van der Waals surface area contributed by atoms with E-state index in [1.54, 1.807) is 4.90 Å². The van der Waals surface area contributed by atoms with E-state index in [2.05, 4.69) is 0 Å². The quantitative estimate of drug-likeness (QED) is 0.716. The lowest BCUT2D eigenvalue weighted by molar-refractivity contribution is 0.0716. The topological polar surface area (TPSA) is 66.9 Å². The van der Waals surface area contributed by atoms with Crippen LogP contribution in [0.25, 0.3) is 0 Å². The van der Waals surface area contributed by atoms with Crippen molar-refractivity contribution in [2.75, 3.05) is 25.9 Å². The van der Waals surface area contributed by atoms with Gasteiger partial charge in [0.05, 0.1) is 6.26 Å². The summed E-state index contributed by atoms with van der Waals surface area (Å²) in [4.78, 5) is 14.2. The molecule has 0 saturated carbocycles. The Morgan fingerprint density at radius 3 is 2.50 bits per heavy atom. The molecule has 160 valence electrons. The van der Waals surface area contributed by atoms with Gasteiger partial charge in [0.15, 0.2) is 0 Å². The zero-order valence-corrected chi connectivity index (χ0v) is 18.5. The van der Waals surface area contributed by atoms with E-state index in [0.717, 1.165) is 16.7 Å². The Labute approximate surface area is 182 Å². The van der Waals surface area contributed by atoms with Crippen LogP contribution in [-0.2, 0) is 33.3 Å². The van der Waals surface area contributed by atoms with Crippen molar-refractivity contribution in [1.82, 2.24) is 9.21 Å². The van der Waals surface area contributed by atoms with Crippen LogP contribution in [0.1, 0.15) is 29.5 Å². The average molecular weight is 449 g/mol. The molecule has 2 aromatic carbocycles. The van der Waals surface area contributed by atoms with E-state index in [0.29, 0.717) is 44.0 Å². The third-order valence-corrected chi connectivity index (χ3v) is 7.55. The first kappa shape index (κ1) is 21.2. The highest BCUT2D eigenvalue weighted by Crippen LogP contribution is 2.43. The van der Waals surface area contributed by atoms with E-state index < -0.39 is 10.0 Å². The lowest BCUT2D eigenvalue weighted by atomic mass is 9.69. The van der Waals surface area contributed by atoms with Crippen molar-refractivity contribution in [2.45, 2.75) is 31.4 Å². The highest BCUT2D eigenvalue weighted by Gasteiger charge is 2.44. The maximum absolute atomic E-state index is 12.5. The number of carbonyl (C=O) groups is 1. The van der Waals surface area contributed by atoms with Gasteiger partial charge in [-0.3, -0.25) is 0 Å². The fraction of sp³-hybridized carbons (Fsp3) is 0.409. The normalized spacial score (nSPS) is 18.8. The molecule has 1 spiro atoms. The Hall–Kier alpha value is -2.09. The Morgan fingerprint density at radius 2 is 1.83 bits per heavy atom. The highest BCUT2D eigenvalue weighted by atomic mass is 35.5. The maximum atomic E-state index is 12.5. The molecular weight excluding hydrogens is 424 g/mol. The molecule has 1 saturated heterocycles. The van der Waals surface area contributed by atoms with E-state index in [9.17, 15) is 13.2 Å². The van der Waals surface area contributed by atoms with Gasteiger partial charge >= 0.3 is 6.09 Å². The van der Waals surface area contributed by atoms with Gasteiger partial charge in [0.2, 0.25) is 10.0 Å². The molecule has 0 N–H and O–H groups in total. The summed E-state index contributed by atoms with van der Waals surface area (Å²) in [6.45, 7) is 2.04. The second-order valence-corrected chi connectivity index (χ2v) is 10.6. The van der Waals surface area contributed by atoms with Gasteiger partial charge < -0.3 is 9.64 Å². The van der Waals surface area contributed by atoms with Gasteiger partial charge in [-0.05, 0) is 41.7 Å². The largest absolute Gasteiger partial charge is 0.445 e. The molecule has 8 heteroatoms. The monoisotopic (exact) mass is 448 g/mol. The van der Waals surface area contributed by atoms with Crippen LogP contribution in [0.15, 0.2) is 48.5 Å². The van der Waals surface area contributed by atoms with Crippen molar-refractivity contribution in [2.24, 2.45) is 0 Å². The second kappa shape index (κ2) is 8.21. The molecule has 0 aliphatic carbocycles. The number of piperidine rings is 1. The summed E-state index contributed by atoms with van der Waals surface area (Å²) in [6, 6.07) is 15.3. The van der Waals surface area contributed by atoms with Gasteiger partial charge in [-0.1, -0.05) is 48.0 Å². The molecule has 30 heavy (non-hydrogen) atoms. The number of hydrogen-bond acceptors (Lipinski definition) is 4. The maximum Gasteiger partial charge on any atom is 0.410 e. The molecule has 6 nitrogen and oxygen atoms in total. The van der Waals surface area contributed by atoms with Crippen LogP contribution in [0.2, 0.25) is 5.02 Å². The zero-order valence-electron chi connectivity index (χ0n) is 16.9. The molecule has 0 atom stereocenters. The second-order valence-electron chi connectivity index (χ2n) is 8.14. The Kier molecular flexibility index (Phi) is 5.79. The van der Waals surface area contributed by atoms with Crippen molar-refractivity contribution in [3.05, 3.63) is 70.2 Å². The number of rotatable bonds is 3. The third kappa shape index (κ3) is 4.33. The Bertz CT molecular complexity index is 1030. The summed E-state index contributed by atoms with van der Waals surface area (Å²) in [5.41, 5.74) is 2.71. The standard InChI is InChI=1S/C22H25ClN2O4S/c1-30(27,28)25-14-18-13-19(23)7-8-20(18)22(16-25)9-11-24(12-10-22)21(26)29-15-17-5-3-2-4-6-17/h2-8,13H,9-12,14-16H2,1H3. The Morgan fingerprint density at radius 1 is 1.13 bits per heavy atom. The number of hydrogen-bond donors (Lipinski definition) is 0. The minimum atomic E-state index is -3.34. The summed E-state index contributed by atoms with van der Waals surface area (Å²) >= 11 is 6.18. The van der Waals surface area contributed by atoms with Crippen molar-refractivity contribution in [1.29, 1.82) is 0 Å². The van der Waals surface area contributed by atoms with Crippen LogP contribution in [0, 0.1) is 0 Å². The summed E-state index contributed by atoms with van der Waals surface area (Å²) in [6.07, 6.45) is 2.26. The summed E-state index contributed by atoms with van der Waals surface area (Å²) in [5, 5.41) is 0.598. The van der Waals surface area contributed by atoms with Crippen LogP contribution in [0.3, 0.4) is 0 Å². The minimum absolute atomic E-state index is 0.241. The van der Waals surface area contributed by atoms with Gasteiger partial charge in [0.1, 0.15) is 6.61 Å². The number of halogens is 1. The summed E-state index contributed by atoms with van der Waals surface area (Å²) in [7, 11) is -3.34. The molecule has 0 bridgehead atoms. The predicted octanol–water partition coefficient (Wildman–Crippen LogP) is 3.79. The van der Waals surface area contributed by atoms with Crippen LogP contribution >= 0.6 is 11.6 Å². The highest BCUT2D eigenvalue weighted by molar-refractivity contribution is 7.88. The number of carbonyl (C=O) groups excluding carboxylic acids is 1. The van der Waals surface area contributed by atoms with E-state index in [1.165, 1.54) is 10.6 Å². The lowest BCUT2D eigenvalue weighted by Gasteiger charge is -2.47. The first-order valence-corrected chi connectivity index (χ1v) is 12.2. The SMILES string of the molecule is CS(=O)(=O)N1Cc2cc(Cl)ccc2C2(CCN(C(=O)OCc3ccccc3)CC2)C1. The lowest BCUT2D eigenvalue weighted by Crippen LogP contribution is -2.53. The fourth-order valence-electron chi connectivity index (χ4n) is 4.47. The van der Waals surface area contributed by atoms with Crippen molar-refractivity contribution < 1.29 is 17.9 Å². The molecule has 2 aliphatic rings. The molecule has 2 aromatic rings. The van der Waals surface area contributed by atoms with Gasteiger partial charge in [-0.15, -0.1) is 0 Å². The first-order valence-electron chi connectivity index (χ1n) is 9.97. The van der Waals surface area contributed by atoms with E-state index in [1.807, 2.05) is 48.5 Å². The summed E-state index contributed by atoms with van der Waals surface area (Å²) < 4.78 is 31.6. The van der Waals surface area contributed by atoms with Crippen LogP contribution < -0.4 is 0 Å². The molecule has 0 unspecified atom stereocenters. The van der Waals surface area contributed by atoms with Crippen molar-refractivity contribution in [3.63, 3.8) is 0 Å². The van der Waals surface area contributed by atoms with Crippen LogP contribution in [0.4, 0.5) is 4.79 Å². The molecule has 1 fully saturated rings. The van der Waals surface area contributed by atoms with Gasteiger partial charge in [0, 0.05) is 36.6 Å². The summed E-state index contributed by atoms with van der Waals surface area (Å²) in [5.74, 6) is 0. The minimum Gasteiger partial charge on any atom is -0.445 e. The Balaban J connectivity index is 1.49. The van der Waals surface area contributed by atoms with E-state index >= 15 is 0 Å². The fourth-order valence-corrected chi connectivity index (χ4v) is 5.52. The number of ether oxygens (including phenoxy) is 1. The molecule has 2 aliphatic heterocycles. The third-order valence-electron chi connectivity index (χ3n) is 6.12. The van der Waals surface area contributed by atoms with Crippen LogP contribution in [0.5, 0.6) is 0 Å². The van der Waals surface area contributed by atoms with Gasteiger partial charge in [-0.2, -0.15) is 4.31 Å². The molecule has 2 heterocycles. The predicted molar refractivity (Wildman–Crippen MR) is 116 cm³/mol. The molecule has 0 aromatic heterocycles. The number of fused-ring (bicyclic) bond motifs is 2. The van der Waals surface area contributed by atoms with Gasteiger partial charge in [0.25, 0.3) is 0 Å². The first-order chi connectivity index (χ1) is 14.3. The molecular formula is C22H25ClN2O4S. The molecule has 1 amide bonds. The number of sulfonamides is 1. The smallest absolute Gasteiger partial charge is 0.410 e. The number of amides is 1. The van der Waals surface area contributed by atoms with E-state index in [4.69, 9.17) is 16.3 Å². The number of nitrogens with zero attached hydrogens (tertiary/aromatic N) is 2. The average Bonchev–Trinajstić information content (AvgIpc) is 2.72. The van der Waals surface area contributed by atoms with E-state index in [-0.39, 0.29) is 18.1 Å². The van der Waals surface area contributed by atoms with Crippen molar-refractivity contribution in [3.8, 4) is 0 Å². The number of benzene rings is 2. The van der Waals surface area contributed by atoms with Crippen LogP contribution in [-0.4, -0.2) is 49.6 Å². The molecule has 0 radical (unpaired) electrons. The molecule has 4 rings (SSSR count).